The Morgan fingerprint density at radius 3 is 2.78 bits per heavy atom. The van der Waals surface area contributed by atoms with Gasteiger partial charge in [-0.3, -0.25) is 5.32 Å². The van der Waals surface area contributed by atoms with Crippen molar-refractivity contribution < 1.29 is 4.79 Å². The van der Waals surface area contributed by atoms with Gasteiger partial charge in [0.1, 0.15) is 12.1 Å². The summed E-state index contributed by atoms with van der Waals surface area (Å²) >= 11 is 0. The molecule has 3 aromatic rings. The summed E-state index contributed by atoms with van der Waals surface area (Å²) in [5.74, 6) is 0.503. The lowest BCUT2D eigenvalue weighted by molar-refractivity contribution is 0.252. The molecule has 23 heavy (non-hydrogen) atoms. The fraction of sp³-hybridized carbons (Fsp3) is 0.125. The molecule has 0 saturated carbocycles. The van der Waals surface area contributed by atoms with Crippen molar-refractivity contribution in [1.29, 1.82) is 0 Å². The van der Waals surface area contributed by atoms with E-state index in [0.717, 1.165) is 22.1 Å². The van der Waals surface area contributed by atoms with Crippen molar-refractivity contribution in [3.8, 4) is 0 Å². The Morgan fingerprint density at radius 1 is 1.17 bits per heavy atom. The molecule has 2 amide bonds. The Balaban J connectivity index is 1.88. The number of pyridine rings is 1. The van der Waals surface area contributed by atoms with Gasteiger partial charge in [0.25, 0.3) is 0 Å². The highest BCUT2D eigenvalue weighted by molar-refractivity contribution is 5.97. The summed E-state index contributed by atoms with van der Waals surface area (Å²) < 4.78 is 0. The standard InChI is InChI=1S/C16H16N6O/c1-2-19-16(23)22-15-6-11-4-3-5-14(13(11)9-20-15)21-12-7-17-10-18-8-12/h3-10,21H,2H2,1H3,(H2,19,20,22,23). The summed E-state index contributed by atoms with van der Waals surface area (Å²) in [6.07, 6.45) is 6.60. The lowest BCUT2D eigenvalue weighted by atomic mass is 10.1. The highest BCUT2D eigenvalue weighted by Gasteiger charge is 2.06. The van der Waals surface area contributed by atoms with Gasteiger partial charge in [-0.1, -0.05) is 12.1 Å². The van der Waals surface area contributed by atoms with E-state index in [1.807, 2.05) is 31.2 Å². The third kappa shape index (κ3) is 3.52. The summed E-state index contributed by atoms with van der Waals surface area (Å²) in [5.41, 5.74) is 1.69. The van der Waals surface area contributed by atoms with E-state index in [1.165, 1.54) is 6.33 Å². The molecule has 0 aliphatic carbocycles. The maximum atomic E-state index is 11.6. The smallest absolute Gasteiger partial charge is 0.320 e. The van der Waals surface area contributed by atoms with E-state index in [0.29, 0.717) is 12.4 Å². The molecular formula is C16H16N6O. The van der Waals surface area contributed by atoms with Gasteiger partial charge >= 0.3 is 6.03 Å². The Morgan fingerprint density at radius 2 is 2.00 bits per heavy atom. The van der Waals surface area contributed by atoms with Crippen LogP contribution >= 0.6 is 0 Å². The third-order valence-electron chi connectivity index (χ3n) is 3.18. The quantitative estimate of drug-likeness (QED) is 0.689. The zero-order valence-corrected chi connectivity index (χ0v) is 12.6. The average molecular weight is 308 g/mol. The van der Waals surface area contributed by atoms with Gasteiger partial charge in [-0.15, -0.1) is 0 Å². The number of urea groups is 1. The first-order valence-electron chi connectivity index (χ1n) is 7.22. The normalized spacial score (nSPS) is 10.3. The molecule has 0 saturated heterocycles. The van der Waals surface area contributed by atoms with Gasteiger partial charge in [0.05, 0.1) is 18.1 Å². The number of nitrogens with zero attached hydrogens (tertiary/aromatic N) is 3. The first-order valence-corrected chi connectivity index (χ1v) is 7.22. The largest absolute Gasteiger partial charge is 0.352 e. The topological polar surface area (TPSA) is 91.8 Å². The maximum Gasteiger partial charge on any atom is 0.320 e. The monoisotopic (exact) mass is 308 g/mol. The predicted octanol–water partition coefficient (Wildman–Crippen LogP) is 2.91. The van der Waals surface area contributed by atoms with Gasteiger partial charge in [0.2, 0.25) is 0 Å². The molecule has 3 N–H and O–H groups in total. The second kappa shape index (κ2) is 6.69. The molecule has 0 spiro atoms. The first-order chi connectivity index (χ1) is 11.3. The van der Waals surface area contributed by atoms with Gasteiger partial charge in [0, 0.05) is 23.8 Å². The van der Waals surface area contributed by atoms with Gasteiger partial charge in [-0.05, 0) is 24.4 Å². The van der Waals surface area contributed by atoms with Crippen LogP contribution in [0.25, 0.3) is 10.8 Å². The van der Waals surface area contributed by atoms with Gasteiger partial charge in [-0.2, -0.15) is 0 Å². The second-order valence-electron chi connectivity index (χ2n) is 4.83. The van der Waals surface area contributed by atoms with Crippen LogP contribution in [0.5, 0.6) is 0 Å². The minimum absolute atomic E-state index is 0.268. The highest BCUT2D eigenvalue weighted by Crippen LogP contribution is 2.26. The molecule has 2 aromatic heterocycles. The zero-order chi connectivity index (χ0) is 16.1. The lowest BCUT2D eigenvalue weighted by Gasteiger charge is -2.10. The van der Waals surface area contributed by atoms with Crippen LogP contribution in [0.1, 0.15) is 6.92 Å². The maximum absolute atomic E-state index is 11.6. The summed E-state index contributed by atoms with van der Waals surface area (Å²) in [5, 5.41) is 10.5. The zero-order valence-electron chi connectivity index (χ0n) is 12.6. The summed E-state index contributed by atoms with van der Waals surface area (Å²) in [6, 6.07) is 7.41. The number of hydrogen-bond donors (Lipinski definition) is 3. The van der Waals surface area contributed by atoms with Gasteiger partial charge in [-0.25, -0.2) is 19.7 Å². The van der Waals surface area contributed by atoms with Crippen LogP contribution in [-0.4, -0.2) is 27.5 Å². The molecule has 0 radical (unpaired) electrons. The van der Waals surface area contributed by atoms with Crippen LogP contribution in [0.2, 0.25) is 0 Å². The second-order valence-corrected chi connectivity index (χ2v) is 4.83. The number of amides is 2. The fourth-order valence-corrected chi connectivity index (χ4v) is 2.19. The number of benzene rings is 1. The summed E-state index contributed by atoms with van der Waals surface area (Å²) in [6.45, 7) is 2.42. The number of nitrogens with one attached hydrogen (secondary N) is 3. The van der Waals surface area contributed by atoms with Gasteiger partial charge in [0.15, 0.2) is 0 Å². The van der Waals surface area contributed by atoms with Crippen LogP contribution in [0.15, 0.2) is 49.2 Å². The molecule has 7 nitrogen and oxygen atoms in total. The number of hydrogen-bond acceptors (Lipinski definition) is 5. The van der Waals surface area contributed by atoms with E-state index >= 15 is 0 Å². The molecule has 0 aliphatic rings. The molecular weight excluding hydrogens is 292 g/mol. The van der Waals surface area contributed by atoms with Crippen LogP contribution in [0, 0.1) is 0 Å². The van der Waals surface area contributed by atoms with Gasteiger partial charge < -0.3 is 10.6 Å². The van der Waals surface area contributed by atoms with Crippen molar-refractivity contribution in [3.05, 3.63) is 49.2 Å². The summed E-state index contributed by atoms with van der Waals surface area (Å²) in [7, 11) is 0. The minimum atomic E-state index is -0.268. The highest BCUT2D eigenvalue weighted by atomic mass is 16.2. The molecule has 116 valence electrons. The minimum Gasteiger partial charge on any atom is -0.352 e. The number of rotatable bonds is 4. The van der Waals surface area contributed by atoms with E-state index < -0.39 is 0 Å². The number of fused-ring (bicyclic) bond motifs is 1. The number of anilines is 3. The van der Waals surface area contributed by atoms with Crippen LogP contribution < -0.4 is 16.0 Å². The van der Waals surface area contributed by atoms with E-state index in [4.69, 9.17) is 0 Å². The lowest BCUT2D eigenvalue weighted by Crippen LogP contribution is -2.28. The molecule has 0 bridgehead atoms. The van der Waals surface area contributed by atoms with E-state index in [9.17, 15) is 4.79 Å². The van der Waals surface area contributed by atoms with Crippen molar-refractivity contribution >= 4 is 34.0 Å². The predicted molar refractivity (Wildman–Crippen MR) is 89.8 cm³/mol. The molecule has 0 fully saturated rings. The number of carbonyl (C=O) groups is 1. The van der Waals surface area contributed by atoms with E-state index in [-0.39, 0.29) is 6.03 Å². The molecule has 7 heteroatoms. The van der Waals surface area contributed by atoms with Crippen molar-refractivity contribution in [2.45, 2.75) is 6.92 Å². The Hall–Kier alpha value is -3.22. The molecule has 3 rings (SSSR count). The number of carbonyl (C=O) groups excluding carboxylic acids is 1. The average Bonchev–Trinajstić information content (AvgIpc) is 2.56. The Kier molecular flexibility index (Phi) is 4.28. The van der Waals surface area contributed by atoms with E-state index in [2.05, 4.69) is 30.9 Å². The Labute approximate surface area is 133 Å². The third-order valence-corrected chi connectivity index (χ3v) is 3.18. The number of aromatic nitrogens is 3. The van der Waals surface area contributed by atoms with Crippen molar-refractivity contribution in [2.75, 3.05) is 17.2 Å². The molecule has 0 atom stereocenters. The first kappa shape index (κ1) is 14.7. The van der Waals surface area contributed by atoms with Crippen LogP contribution in [0.4, 0.5) is 22.0 Å². The van der Waals surface area contributed by atoms with Crippen molar-refractivity contribution in [1.82, 2.24) is 20.3 Å². The van der Waals surface area contributed by atoms with Crippen molar-refractivity contribution in [2.24, 2.45) is 0 Å². The molecule has 0 aliphatic heterocycles. The van der Waals surface area contributed by atoms with Crippen molar-refractivity contribution in [3.63, 3.8) is 0 Å². The fourth-order valence-electron chi connectivity index (χ4n) is 2.19. The Bertz CT molecular complexity index is 821. The SMILES string of the molecule is CCNC(=O)Nc1cc2cccc(Nc3cncnc3)c2cn1. The molecule has 1 aromatic carbocycles. The van der Waals surface area contributed by atoms with E-state index in [1.54, 1.807) is 18.6 Å². The molecule has 0 unspecified atom stereocenters. The van der Waals surface area contributed by atoms with Crippen LogP contribution in [0.3, 0.4) is 0 Å². The van der Waals surface area contributed by atoms with Crippen LogP contribution in [-0.2, 0) is 0 Å². The summed E-state index contributed by atoms with van der Waals surface area (Å²) in [4.78, 5) is 23.8. The molecule has 2 heterocycles.